The lowest BCUT2D eigenvalue weighted by Crippen LogP contribution is -2.25. The van der Waals surface area contributed by atoms with Gasteiger partial charge in [-0.05, 0) is 69.1 Å². The molecule has 0 spiro atoms. The number of carbonyl (C=O) groups is 1. The number of nitrogens with zero attached hydrogens (tertiary/aromatic N) is 1. The van der Waals surface area contributed by atoms with Gasteiger partial charge in [0.2, 0.25) is 0 Å². The molecule has 174 valence electrons. The van der Waals surface area contributed by atoms with Crippen LogP contribution >= 0.6 is 0 Å². The zero-order valence-corrected chi connectivity index (χ0v) is 19.1. The first kappa shape index (κ1) is 24.4. The van der Waals surface area contributed by atoms with E-state index >= 15 is 0 Å². The van der Waals surface area contributed by atoms with Crippen LogP contribution in [-0.2, 0) is 4.79 Å². The number of esters is 1. The van der Waals surface area contributed by atoms with Gasteiger partial charge in [-0.15, -0.1) is 0 Å². The van der Waals surface area contributed by atoms with E-state index in [2.05, 4.69) is 19.1 Å². The van der Waals surface area contributed by atoms with E-state index in [0.29, 0.717) is 11.8 Å². The summed E-state index contributed by atoms with van der Waals surface area (Å²) in [6, 6.07) is 3.25. The summed E-state index contributed by atoms with van der Waals surface area (Å²) in [4.78, 5) is 12.4. The quantitative estimate of drug-likeness (QED) is 0.181. The van der Waals surface area contributed by atoms with Crippen molar-refractivity contribution >= 4 is 5.97 Å². The summed E-state index contributed by atoms with van der Waals surface area (Å²) < 4.78 is 32.7. The van der Waals surface area contributed by atoms with Crippen molar-refractivity contribution in [2.24, 2.45) is 23.7 Å². The molecular weight excluding hydrogens is 408 g/mol. The Morgan fingerprint density at radius 1 is 1.00 bits per heavy atom. The molecule has 2 saturated carbocycles. The molecule has 0 aliphatic heterocycles. The minimum absolute atomic E-state index is 0.184. The number of allylic oxidation sites excluding steroid dienone is 2. The van der Waals surface area contributed by atoms with Gasteiger partial charge >= 0.3 is 5.97 Å². The first-order chi connectivity index (χ1) is 15.5. The average molecular weight is 444 g/mol. The highest BCUT2D eigenvalue weighted by Crippen LogP contribution is 2.35. The number of carbonyl (C=O) groups excluding carboxylic acids is 1. The number of hydrogen-bond acceptors (Lipinski definition) is 3. The highest BCUT2D eigenvalue weighted by Gasteiger charge is 2.28. The van der Waals surface area contributed by atoms with Gasteiger partial charge in [0.1, 0.15) is 29.0 Å². The highest BCUT2D eigenvalue weighted by molar-refractivity contribution is 5.75. The first-order valence-corrected chi connectivity index (χ1v) is 12.3. The smallest absolute Gasteiger partial charge is 0.314 e. The molecule has 0 saturated heterocycles. The number of benzene rings is 1. The van der Waals surface area contributed by atoms with Gasteiger partial charge in [0, 0.05) is 12.1 Å². The summed E-state index contributed by atoms with van der Waals surface area (Å²) >= 11 is 0. The standard InChI is InChI=1S/C27H35F2NO2/c1-2-3-4-5-19-6-8-20(9-7-19)10-11-21-12-14-22(15-13-21)27(31)32-23-16-25(28)24(18-30)26(29)17-23/h10-11,16-17,19-22H,2-9,12-15H2,1H3. The topological polar surface area (TPSA) is 50.1 Å². The monoisotopic (exact) mass is 443 g/mol. The van der Waals surface area contributed by atoms with Crippen LogP contribution in [0.4, 0.5) is 8.78 Å². The van der Waals surface area contributed by atoms with Crippen LogP contribution in [0, 0.1) is 46.6 Å². The molecule has 5 heteroatoms. The van der Waals surface area contributed by atoms with Crippen molar-refractivity contribution in [1.82, 2.24) is 0 Å². The Bertz CT molecular complexity index is 806. The molecule has 0 unspecified atom stereocenters. The van der Waals surface area contributed by atoms with Crippen molar-refractivity contribution < 1.29 is 18.3 Å². The van der Waals surface area contributed by atoms with E-state index in [0.717, 1.165) is 43.7 Å². The third-order valence-electron chi connectivity index (χ3n) is 7.21. The van der Waals surface area contributed by atoms with Crippen LogP contribution in [0.15, 0.2) is 24.3 Å². The fraction of sp³-hybridized carbons (Fsp3) is 0.630. The molecule has 3 nitrogen and oxygen atoms in total. The fourth-order valence-corrected chi connectivity index (χ4v) is 5.13. The third kappa shape index (κ3) is 6.89. The minimum Gasteiger partial charge on any atom is -0.426 e. The highest BCUT2D eigenvalue weighted by atomic mass is 19.1. The van der Waals surface area contributed by atoms with Gasteiger partial charge in [-0.2, -0.15) is 5.26 Å². The van der Waals surface area contributed by atoms with E-state index in [1.54, 1.807) is 0 Å². The lowest BCUT2D eigenvalue weighted by atomic mass is 9.78. The largest absolute Gasteiger partial charge is 0.426 e. The second kappa shape index (κ2) is 12.1. The average Bonchev–Trinajstić information content (AvgIpc) is 2.79. The number of ether oxygens (including phenoxy) is 1. The number of nitriles is 1. The van der Waals surface area contributed by atoms with Crippen LogP contribution in [-0.4, -0.2) is 5.97 Å². The molecule has 1 aromatic carbocycles. The molecule has 0 N–H and O–H groups in total. The zero-order chi connectivity index (χ0) is 22.9. The molecule has 0 heterocycles. The molecule has 0 radical (unpaired) electrons. The maximum atomic E-state index is 13.7. The van der Waals surface area contributed by atoms with Gasteiger partial charge in [-0.25, -0.2) is 8.78 Å². The van der Waals surface area contributed by atoms with Crippen LogP contribution in [0.2, 0.25) is 0 Å². The maximum Gasteiger partial charge on any atom is 0.314 e. The van der Waals surface area contributed by atoms with E-state index in [1.807, 2.05) is 0 Å². The Hall–Kier alpha value is -2.22. The molecule has 32 heavy (non-hydrogen) atoms. The second-order valence-corrected chi connectivity index (χ2v) is 9.57. The van der Waals surface area contributed by atoms with Crippen molar-refractivity contribution in [1.29, 1.82) is 5.26 Å². The van der Waals surface area contributed by atoms with Crippen LogP contribution in [0.25, 0.3) is 0 Å². The Balaban J connectivity index is 1.40. The fourth-order valence-electron chi connectivity index (χ4n) is 5.13. The van der Waals surface area contributed by atoms with Gasteiger partial charge in [0.05, 0.1) is 5.92 Å². The molecule has 2 aliphatic carbocycles. The maximum absolute atomic E-state index is 13.7. The van der Waals surface area contributed by atoms with Crippen LogP contribution < -0.4 is 4.74 Å². The summed E-state index contributed by atoms with van der Waals surface area (Å²) in [7, 11) is 0. The molecule has 1 aromatic rings. The van der Waals surface area contributed by atoms with Crippen LogP contribution in [0.1, 0.15) is 89.5 Å². The minimum atomic E-state index is -1.01. The summed E-state index contributed by atoms with van der Waals surface area (Å²) in [6.45, 7) is 2.26. The number of halogens is 2. The van der Waals surface area contributed by atoms with E-state index in [-0.39, 0.29) is 11.7 Å². The van der Waals surface area contributed by atoms with E-state index < -0.39 is 23.2 Å². The summed E-state index contributed by atoms with van der Waals surface area (Å²) in [5.74, 6) is -0.801. The van der Waals surface area contributed by atoms with Gasteiger partial charge in [0.25, 0.3) is 0 Å². The van der Waals surface area contributed by atoms with Gasteiger partial charge < -0.3 is 4.74 Å². The SMILES string of the molecule is CCCCCC1CCC(C=CC2CCC(C(=O)Oc3cc(F)c(C#N)c(F)c3)CC2)CC1. The Kier molecular flexibility index (Phi) is 9.26. The Morgan fingerprint density at radius 3 is 2.09 bits per heavy atom. The molecule has 2 fully saturated rings. The first-order valence-electron chi connectivity index (χ1n) is 12.3. The van der Waals surface area contributed by atoms with E-state index in [1.165, 1.54) is 57.4 Å². The normalized spacial score (nSPS) is 26.1. The van der Waals surface area contributed by atoms with Crippen molar-refractivity contribution in [3.05, 3.63) is 41.5 Å². The number of rotatable bonds is 8. The van der Waals surface area contributed by atoms with E-state index in [9.17, 15) is 13.6 Å². The second-order valence-electron chi connectivity index (χ2n) is 9.57. The zero-order valence-electron chi connectivity index (χ0n) is 19.1. The molecule has 0 bridgehead atoms. The van der Waals surface area contributed by atoms with Crippen LogP contribution in [0.3, 0.4) is 0 Å². The summed E-state index contributed by atoms with van der Waals surface area (Å²) in [5.41, 5.74) is -0.665. The molecule has 0 atom stereocenters. The van der Waals surface area contributed by atoms with Gasteiger partial charge in [-0.1, -0.05) is 44.8 Å². The number of unbranched alkanes of at least 4 members (excludes halogenated alkanes) is 2. The lowest BCUT2D eigenvalue weighted by Gasteiger charge is -2.28. The van der Waals surface area contributed by atoms with Crippen LogP contribution in [0.5, 0.6) is 5.75 Å². The lowest BCUT2D eigenvalue weighted by molar-refractivity contribution is -0.140. The number of hydrogen-bond donors (Lipinski definition) is 0. The molecular formula is C27H35F2NO2. The molecule has 0 amide bonds. The molecule has 2 aliphatic rings. The van der Waals surface area contributed by atoms with Crippen molar-refractivity contribution in [2.75, 3.05) is 0 Å². The predicted molar refractivity (Wildman–Crippen MR) is 121 cm³/mol. The van der Waals surface area contributed by atoms with Gasteiger partial charge in [0.15, 0.2) is 0 Å². The van der Waals surface area contributed by atoms with E-state index in [4.69, 9.17) is 10.00 Å². The van der Waals surface area contributed by atoms with Crippen molar-refractivity contribution in [2.45, 2.75) is 84.0 Å². The van der Waals surface area contributed by atoms with Gasteiger partial charge in [-0.3, -0.25) is 4.79 Å². The Morgan fingerprint density at radius 2 is 1.56 bits per heavy atom. The molecule has 0 aromatic heterocycles. The van der Waals surface area contributed by atoms with Crippen molar-refractivity contribution in [3.63, 3.8) is 0 Å². The predicted octanol–water partition coefficient (Wildman–Crippen LogP) is 7.49. The molecule has 3 rings (SSSR count). The third-order valence-corrected chi connectivity index (χ3v) is 7.21. The summed E-state index contributed by atoms with van der Waals surface area (Å²) in [5, 5.41) is 8.74. The summed E-state index contributed by atoms with van der Waals surface area (Å²) in [6.07, 6.45) is 18.8. The van der Waals surface area contributed by atoms with Crippen molar-refractivity contribution in [3.8, 4) is 11.8 Å². The Labute approximate surface area is 190 Å².